The van der Waals surface area contributed by atoms with Crippen LogP contribution >= 0.6 is 0 Å². The van der Waals surface area contributed by atoms with Gasteiger partial charge >= 0.3 is 0 Å². The molecular weight excluding hydrogens is 242 g/mol. The van der Waals surface area contributed by atoms with E-state index < -0.39 is 0 Å². The monoisotopic (exact) mass is 259 g/mol. The van der Waals surface area contributed by atoms with Gasteiger partial charge in [-0.1, -0.05) is 0 Å². The van der Waals surface area contributed by atoms with Crippen LogP contribution in [0, 0.1) is 0 Å². The molecule has 0 aromatic carbocycles. The molecule has 2 rings (SSSR count). The van der Waals surface area contributed by atoms with Gasteiger partial charge in [0.25, 0.3) is 5.91 Å². The molecular formula is C13H17N5O. The zero-order valence-corrected chi connectivity index (χ0v) is 11.0. The molecule has 0 radical (unpaired) electrons. The maximum atomic E-state index is 12.1. The number of carbonyl (C=O) groups excluding carboxylic acids is 1. The Labute approximate surface area is 111 Å². The van der Waals surface area contributed by atoms with Crippen molar-refractivity contribution in [2.45, 2.75) is 19.5 Å². The first-order valence-corrected chi connectivity index (χ1v) is 6.10. The van der Waals surface area contributed by atoms with Crippen molar-refractivity contribution in [3.05, 3.63) is 42.6 Å². The second-order valence-corrected chi connectivity index (χ2v) is 4.28. The summed E-state index contributed by atoms with van der Waals surface area (Å²) in [6.07, 6.45) is 6.96. The standard InChI is InChI=1S/C13H17N5O/c1-10(8-18-7-6-15-9-18)17-13(19)11-4-3-5-16-12(11)14-2/h3-7,9-10H,8H2,1-2H3,(H,14,16)(H,17,19). The first-order chi connectivity index (χ1) is 9.20. The van der Waals surface area contributed by atoms with Crippen LogP contribution in [0.25, 0.3) is 0 Å². The van der Waals surface area contributed by atoms with Crippen LogP contribution in [0.15, 0.2) is 37.1 Å². The SMILES string of the molecule is CNc1ncccc1C(=O)NC(C)Cn1ccnc1. The highest BCUT2D eigenvalue weighted by molar-refractivity contribution is 5.98. The number of pyridine rings is 1. The van der Waals surface area contributed by atoms with Crippen LogP contribution < -0.4 is 10.6 Å². The van der Waals surface area contributed by atoms with Gasteiger partial charge in [-0.3, -0.25) is 4.79 Å². The van der Waals surface area contributed by atoms with E-state index in [9.17, 15) is 4.79 Å². The summed E-state index contributed by atoms with van der Waals surface area (Å²) < 4.78 is 1.92. The van der Waals surface area contributed by atoms with Crippen molar-refractivity contribution in [1.82, 2.24) is 19.9 Å². The first-order valence-electron chi connectivity index (χ1n) is 6.10. The Kier molecular flexibility index (Phi) is 4.12. The Balaban J connectivity index is 2.00. The molecule has 2 aromatic heterocycles. The molecule has 0 bridgehead atoms. The number of carbonyl (C=O) groups is 1. The summed E-state index contributed by atoms with van der Waals surface area (Å²) in [4.78, 5) is 20.2. The van der Waals surface area contributed by atoms with Crippen molar-refractivity contribution in [3.63, 3.8) is 0 Å². The molecule has 6 nitrogen and oxygen atoms in total. The van der Waals surface area contributed by atoms with E-state index in [1.54, 1.807) is 37.9 Å². The number of rotatable bonds is 5. The normalized spacial score (nSPS) is 11.9. The van der Waals surface area contributed by atoms with Crippen LogP contribution in [0.1, 0.15) is 17.3 Å². The van der Waals surface area contributed by atoms with Gasteiger partial charge in [0.2, 0.25) is 0 Å². The topological polar surface area (TPSA) is 71.8 Å². The lowest BCUT2D eigenvalue weighted by Crippen LogP contribution is -2.35. The molecule has 0 saturated carbocycles. The average molecular weight is 259 g/mol. The summed E-state index contributed by atoms with van der Waals surface area (Å²) in [6, 6.07) is 3.50. The fourth-order valence-electron chi connectivity index (χ4n) is 1.85. The molecule has 0 spiro atoms. The third-order valence-corrected chi connectivity index (χ3v) is 2.71. The van der Waals surface area contributed by atoms with Crippen LogP contribution in [0.5, 0.6) is 0 Å². The van der Waals surface area contributed by atoms with Gasteiger partial charge < -0.3 is 15.2 Å². The molecule has 2 heterocycles. The number of amides is 1. The van der Waals surface area contributed by atoms with Gasteiger partial charge in [-0.05, 0) is 19.1 Å². The number of hydrogen-bond donors (Lipinski definition) is 2. The Morgan fingerprint density at radius 1 is 1.47 bits per heavy atom. The van der Waals surface area contributed by atoms with Gasteiger partial charge in [-0.2, -0.15) is 0 Å². The average Bonchev–Trinajstić information content (AvgIpc) is 2.91. The lowest BCUT2D eigenvalue weighted by Gasteiger charge is -2.15. The maximum absolute atomic E-state index is 12.1. The minimum absolute atomic E-state index is 0.00612. The molecule has 0 aliphatic heterocycles. The van der Waals surface area contributed by atoms with E-state index in [4.69, 9.17) is 0 Å². The van der Waals surface area contributed by atoms with Crippen molar-refractivity contribution >= 4 is 11.7 Å². The quantitative estimate of drug-likeness (QED) is 0.844. The molecule has 2 aromatic rings. The van der Waals surface area contributed by atoms with E-state index in [0.717, 1.165) is 0 Å². The number of anilines is 1. The zero-order valence-electron chi connectivity index (χ0n) is 11.0. The van der Waals surface area contributed by atoms with E-state index in [0.29, 0.717) is 17.9 Å². The molecule has 1 atom stereocenters. The fourth-order valence-corrected chi connectivity index (χ4v) is 1.85. The smallest absolute Gasteiger partial charge is 0.255 e. The van der Waals surface area contributed by atoms with Crippen molar-refractivity contribution in [2.75, 3.05) is 12.4 Å². The zero-order chi connectivity index (χ0) is 13.7. The summed E-state index contributed by atoms with van der Waals surface area (Å²) in [6.45, 7) is 2.63. The summed E-state index contributed by atoms with van der Waals surface area (Å²) in [5.74, 6) is 0.444. The predicted octanol–water partition coefficient (Wildman–Crippen LogP) is 1.14. The van der Waals surface area contributed by atoms with Crippen LogP contribution in [-0.2, 0) is 6.54 Å². The van der Waals surface area contributed by atoms with Gasteiger partial charge in [0.15, 0.2) is 0 Å². The van der Waals surface area contributed by atoms with Gasteiger partial charge in [0, 0.05) is 38.2 Å². The van der Waals surface area contributed by atoms with Crippen LogP contribution in [0.2, 0.25) is 0 Å². The largest absolute Gasteiger partial charge is 0.372 e. The first kappa shape index (κ1) is 13.1. The lowest BCUT2D eigenvalue weighted by atomic mass is 10.2. The van der Waals surface area contributed by atoms with E-state index in [1.807, 2.05) is 17.7 Å². The second-order valence-electron chi connectivity index (χ2n) is 4.28. The number of nitrogens with one attached hydrogen (secondary N) is 2. The Bertz CT molecular complexity index is 538. The molecule has 19 heavy (non-hydrogen) atoms. The Morgan fingerprint density at radius 2 is 2.32 bits per heavy atom. The number of hydrogen-bond acceptors (Lipinski definition) is 4. The van der Waals surface area contributed by atoms with Crippen molar-refractivity contribution in [3.8, 4) is 0 Å². The molecule has 0 saturated heterocycles. The van der Waals surface area contributed by atoms with Crippen LogP contribution in [0.4, 0.5) is 5.82 Å². The summed E-state index contributed by atoms with van der Waals surface area (Å²) in [7, 11) is 1.74. The van der Waals surface area contributed by atoms with Crippen LogP contribution in [0.3, 0.4) is 0 Å². The van der Waals surface area contributed by atoms with E-state index >= 15 is 0 Å². The van der Waals surface area contributed by atoms with E-state index in [1.165, 1.54) is 0 Å². The van der Waals surface area contributed by atoms with E-state index in [-0.39, 0.29) is 11.9 Å². The number of imidazole rings is 1. The molecule has 1 unspecified atom stereocenters. The minimum atomic E-state index is -0.134. The third-order valence-electron chi connectivity index (χ3n) is 2.71. The van der Waals surface area contributed by atoms with Crippen molar-refractivity contribution < 1.29 is 4.79 Å². The van der Waals surface area contributed by atoms with Crippen molar-refractivity contribution in [1.29, 1.82) is 0 Å². The highest BCUT2D eigenvalue weighted by Gasteiger charge is 2.13. The number of aromatic nitrogens is 3. The highest BCUT2D eigenvalue weighted by atomic mass is 16.1. The molecule has 0 aliphatic carbocycles. The molecule has 1 amide bonds. The van der Waals surface area contributed by atoms with E-state index in [2.05, 4.69) is 20.6 Å². The predicted molar refractivity (Wildman–Crippen MR) is 72.9 cm³/mol. The lowest BCUT2D eigenvalue weighted by molar-refractivity contribution is 0.0937. The van der Waals surface area contributed by atoms with Crippen LogP contribution in [-0.4, -0.2) is 33.5 Å². The minimum Gasteiger partial charge on any atom is -0.372 e. The van der Waals surface area contributed by atoms with Gasteiger partial charge in [-0.25, -0.2) is 9.97 Å². The third kappa shape index (κ3) is 3.31. The van der Waals surface area contributed by atoms with Gasteiger partial charge in [-0.15, -0.1) is 0 Å². The summed E-state index contributed by atoms with van der Waals surface area (Å²) >= 11 is 0. The number of nitrogens with zero attached hydrogens (tertiary/aromatic N) is 3. The second kappa shape index (κ2) is 5.99. The fraction of sp³-hybridized carbons (Fsp3) is 0.308. The summed E-state index contributed by atoms with van der Waals surface area (Å²) in [5, 5.41) is 5.85. The molecule has 0 aliphatic rings. The molecule has 6 heteroatoms. The summed E-state index contributed by atoms with van der Waals surface area (Å²) in [5.41, 5.74) is 0.544. The van der Waals surface area contributed by atoms with Crippen molar-refractivity contribution in [2.24, 2.45) is 0 Å². The van der Waals surface area contributed by atoms with Gasteiger partial charge in [0.05, 0.1) is 11.9 Å². The Morgan fingerprint density at radius 3 is 3.00 bits per heavy atom. The maximum Gasteiger partial charge on any atom is 0.255 e. The highest BCUT2D eigenvalue weighted by Crippen LogP contribution is 2.10. The molecule has 2 N–H and O–H groups in total. The Hall–Kier alpha value is -2.37. The molecule has 100 valence electrons. The molecule has 0 fully saturated rings. The van der Waals surface area contributed by atoms with Gasteiger partial charge in [0.1, 0.15) is 5.82 Å².